The topological polar surface area (TPSA) is 46.1 Å². The number of nitrogens with zero attached hydrogens (tertiary/aromatic N) is 3. The Bertz CT molecular complexity index is 905. The van der Waals surface area contributed by atoms with E-state index in [1.165, 1.54) is 16.7 Å². The fourth-order valence-electron chi connectivity index (χ4n) is 3.10. The molecule has 1 aliphatic rings. The van der Waals surface area contributed by atoms with Crippen molar-refractivity contribution in [3.63, 3.8) is 0 Å². The molecule has 2 aromatic heterocycles. The van der Waals surface area contributed by atoms with Crippen LogP contribution in [-0.2, 0) is 4.79 Å². The van der Waals surface area contributed by atoms with Crippen LogP contribution in [-0.4, -0.2) is 39.6 Å². The Kier molecular flexibility index (Phi) is 4.72. The average molecular weight is 370 g/mol. The molecule has 0 bridgehead atoms. The van der Waals surface area contributed by atoms with Crippen LogP contribution in [0.15, 0.2) is 41.0 Å². The molecule has 0 spiro atoms. The van der Waals surface area contributed by atoms with Crippen LogP contribution >= 0.6 is 23.1 Å². The maximum atomic E-state index is 11.7. The number of fused-ring (bicyclic) bond motifs is 1. The third kappa shape index (κ3) is 3.41. The molecular formula is C19H19N3OS2. The van der Waals surface area contributed by atoms with Crippen LogP contribution in [0.3, 0.4) is 0 Å². The van der Waals surface area contributed by atoms with Gasteiger partial charge in [-0.25, -0.2) is 9.97 Å². The van der Waals surface area contributed by atoms with Crippen LogP contribution in [0.25, 0.3) is 21.3 Å². The van der Waals surface area contributed by atoms with Crippen LogP contribution in [0.5, 0.6) is 0 Å². The summed E-state index contributed by atoms with van der Waals surface area (Å²) in [6.07, 6.45) is 3.33. The second-order valence-corrected chi connectivity index (χ2v) is 8.15. The fraction of sp³-hybridized carbons (Fsp3) is 0.316. The number of likely N-dealkylation sites (tertiary alicyclic amines) is 1. The summed E-state index contributed by atoms with van der Waals surface area (Å²) in [5.74, 6) is 1.14. The molecule has 0 N–H and O–H groups in total. The lowest BCUT2D eigenvalue weighted by Gasteiger charge is -2.14. The smallest absolute Gasteiger partial charge is 0.222 e. The van der Waals surface area contributed by atoms with E-state index in [0.29, 0.717) is 6.42 Å². The summed E-state index contributed by atoms with van der Waals surface area (Å²) >= 11 is 3.37. The predicted octanol–water partition coefficient (Wildman–Crippen LogP) is 4.38. The number of hydrogen-bond donors (Lipinski definition) is 0. The molecule has 0 radical (unpaired) electrons. The highest BCUT2D eigenvalue weighted by atomic mass is 32.2. The Morgan fingerprint density at radius 1 is 1.24 bits per heavy atom. The summed E-state index contributed by atoms with van der Waals surface area (Å²) in [5, 5.41) is 4.31. The number of benzene rings is 1. The second kappa shape index (κ2) is 7.14. The second-order valence-electron chi connectivity index (χ2n) is 6.21. The molecule has 4 nitrogen and oxygen atoms in total. The van der Waals surface area contributed by atoms with Gasteiger partial charge in [-0.05, 0) is 18.9 Å². The lowest BCUT2D eigenvalue weighted by atomic mass is 10.1. The highest BCUT2D eigenvalue weighted by Gasteiger charge is 2.20. The van der Waals surface area contributed by atoms with Gasteiger partial charge in [0, 0.05) is 36.2 Å². The number of carbonyl (C=O) groups is 1. The summed E-state index contributed by atoms with van der Waals surface area (Å²) < 4.78 is 0. The van der Waals surface area contributed by atoms with Crippen molar-refractivity contribution < 1.29 is 4.79 Å². The van der Waals surface area contributed by atoms with Gasteiger partial charge in [-0.3, -0.25) is 4.79 Å². The number of amides is 1. The fourth-order valence-corrected chi connectivity index (χ4v) is 5.05. The quantitative estimate of drug-likeness (QED) is 0.494. The number of aryl methyl sites for hydroxylation is 1. The van der Waals surface area contributed by atoms with Crippen LogP contribution in [0.1, 0.15) is 18.4 Å². The Morgan fingerprint density at radius 3 is 2.84 bits per heavy atom. The number of thiophene rings is 1. The summed E-state index contributed by atoms with van der Waals surface area (Å²) in [7, 11) is 0. The van der Waals surface area contributed by atoms with E-state index in [2.05, 4.69) is 46.5 Å². The summed E-state index contributed by atoms with van der Waals surface area (Å²) in [6.45, 7) is 3.78. The summed E-state index contributed by atoms with van der Waals surface area (Å²) in [6, 6.07) is 8.57. The minimum atomic E-state index is 0.282. The monoisotopic (exact) mass is 369 g/mol. The molecule has 25 heavy (non-hydrogen) atoms. The van der Waals surface area contributed by atoms with Gasteiger partial charge in [-0.1, -0.05) is 29.8 Å². The minimum absolute atomic E-state index is 0.282. The largest absolute Gasteiger partial charge is 0.342 e. The molecule has 1 aliphatic heterocycles. The molecule has 6 heteroatoms. The van der Waals surface area contributed by atoms with Crippen LogP contribution < -0.4 is 0 Å². The first kappa shape index (κ1) is 16.5. The van der Waals surface area contributed by atoms with Gasteiger partial charge in [0.15, 0.2) is 0 Å². The lowest BCUT2D eigenvalue weighted by Crippen LogP contribution is -2.26. The Morgan fingerprint density at radius 2 is 2.08 bits per heavy atom. The number of carbonyl (C=O) groups excluding carboxylic acids is 1. The molecule has 0 atom stereocenters. The first-order chi connectivity index (χ1) is 12.2. The van der Waals surface area contributed by atoms with Gasteiger partial charge in [0.1, 0.15) is 16.2 Å². The first-order valence-electron chi connectivity index (χ1n) is 8.42. The zero-order valence-corrected chi connectivity index (χ0v) is 15.7. The molecule has 4 rings (SSSR count). The van der Waals surface area contributed by atoms with Crippen molar-refractivity contribution in [2.45, 2.75) is 24.8 Å². The van der Waals surface area contributed by atoms with Crippen molar-refractivity contribution in [2.75, 3.05) is 18.8 Å². The number of hydrogen-bond acceptors (Lipinski definition) is 5. The van der Waals surface area contributed by atoms with E-state index in [0.717, 1.165) is 40.5 Å². The molecule has 1 amide bonds. The molecule has 1 fully saturated rings. The van der Waals surface area contributed by atoms with Crippen LogP contribution in [0, 0.1) is 6.92 Å². The highest BCUT2D eigenvalue weighted by Crippen LogP contribution is 2.37. The molecule has 3 aromatic rings. The van der Waals surface area contributed by atoms with E-state index in [1.54, 1.807) is 29.4 Å². The maximum Gasteiger partial charge on any atom is 0.222 e. The van der Waals surface area contributed by atoms with Gasteiger partial charge in [0.25, 0.3) is 0 Å². The molecule has 0 aliphatic carbocycles. The van der Waals surface area contributed by atoms with Gasteiger partial charge in [-0.2, -0.15) is 0 Å². The van der Waals surface area contributed by atoms with E-state index in [1.807, 2.05) is 4.90 Å². The Hall–Kier alpha value is -1.92. The third-order valence-electron chi connectivity index (χ3n) is 4.47. The molecule has 1 aromatic carbocycles. The van der Waals surface area contributed by atoms with Crippen molar-refractivity contribution >= 4 is 39.2 Å². The number of aromatic nitrogens is 2. The average Bonchev–Trinajstić information content (AvgIpc) is 3.23. The van der Waals surface area contributed by atoms with E-state index < -0.39 is 0 Å². The lowest BCUT2D eigenvalue weighted by molar-refractivity contribution is -0.127. The van der Waals surface area contributed by atoms with Crippen molar-refractivity contribution in [2.24, 2.45) is 0 Å². The van der Waals surface area contributed by atoms with Gasteiger partial charge in [-0.15, -0.1) is 23.1 Å². The van der Waals surface area contributed by atoms with E-state index >= 15 is 0 Å². The zero-order valence-electron chi connectivity index (χ0n) is 14.1. The number of rotatable bonds is 5. The van der Waals surface area contributed by atoms with Crippen molar-refractivity contribution in [1.82, 2.24) is 14.9 Å². The Balaban J connectivity index is 1.59. The summed E-state index contributed by atoms with van der Waals surface area (Å²) in [5.41, 5.74) is 3.65. The third-order valence-corrected chi connectivity index (χ3v) is 6.33. The molecule has 3 heterocycles. The molecule has 128 valence electrons. The summed E-state index contributed by atoms with van der Waals surface area (Å²) in [4.78, 5) is 23.7. The minimum Gasteiger partial charge on any atom is -0.342 e. The molecule has 0 saturated carbocycles. The number of thioether (sulfide) groups is 1. The molecule has 0 unspecified atom stereocenters. The van der Waals surface area contributed by atoms with Crippen molar-refractivity contribution in [3.8, 4) is 11.1 Å². The van der Waals surface area contributed by atoms with Crippen molar-refractivity contribution in [3.05, 3.63) is 41.5 Å². The highest BCUT2D eigenvalue weighted by molar-refractivity contribution is 7.99. The first-order valence-corrected chi connectivity index (χ1v) is 10.3. The maximum absolute atomic E-state index is 11.7. The molecular weight excluding hydrogens is 350 g/mol. The predicted molar refractivity (Wildman–Crippen MR) is 104 cm³/mol. The van der Waals surface area contributed by atoms with Crippen LogP contribution in [0.2, 0.25) is 0 Å². The van der Waals surface area contributed by atoms with Gasteiger partial charge in [0.05, 0.1) is 5.39 Å². The van der Waals surface area contributed by atoms with Gasteiger partial charge >= 0.3 is 0 Å². The zero-order chi connectivity index (χ0) is 17.2. The van der Waals surface area contributed by atoms with Crippen molar-refractivity contribution in [1.29, 1.82) is 0 Å². The SMILES string of the molecule is Cc1ccc(-c2csc3ncnc(SCCN4CCCC4=O)c23)cc1. The van der Waals surface area contributed by atoms with Crippen LogP contribution in [0.4, 0.5) is 0 Å². The Labute approximate surface area is 155 Å². The van der Waals surface area contributed by atoms with E-state index in [4.69, 9.17) is 0 Å². The molecule has 1 saturated heterocycles. The van der Waals surface area contributed by atoms with Gasteiger partial charge in [0.2, 0.25) is 5.91 Å². The van der Waals surface area contributed by atoms with E-state index in [9.17, 15) is 4.79 Å². The van der Waals surface area contributed by atoms with Gasteiger partial charge < -0.3 is 4.90 Å². The standard InChI is InChI=1S/C19H19N3OS2/c1-13-4-6-14(7-5-13)15-11-25-19-17(15)18(20-12-21-19)24-10-9-22-8-2-3-16(22)23/h4-7,11-12H,2-3,8-10H2,1H3. The normalized spacial score (nSPS) is 14.6. The van der Waals surface area contributed by atoms with E-state index in [-0.39, 0.29) is 5.91 Å².